The first-order valence-electron chi connectivity index (χ1n) is 7.19. The van der Waals surface area contributed by atoms with Gasteiger partial charge >= 0.3 is 5.97 Å². The quantitative estimate of drug-likeness (QED) is 0.822. The minimum absolute atomic E-state index is 0.0901. The molecule has 122 valence electrons. The maximum Gasteiger partial charge on any atom is 0.338 e. The Balaban J connectivity index is 1.90. The Labute approximate surface area is 134 Å². The Morgan fingerprint density at radius 1 is 1.27 bits per heavy atom. The number of hydrogen-bond acceptors (Lipinski definition) is 6. The number of carbonyl (C=O) groups excluding carboxylic acids is 1. The van der Waals surface area contributed by atoms with Crippen molar-refractivity contribution in [2.45, 2.75) is 49.3 Å². The maximum absolute atomic E-state index is 11.9. The zero-order valence-corrected chi connectivity index (χ0v) is 13.7. The van der Waals surface area contributed by atoms with Gasteiger partial charge in [-0.15, -0.1) is 11.8 Å². The van der Waals surface area contributed by atoms with Crippen LogP contribution in [0.15, 0.2) is 30.3 Å². The molecule has 1 aromatic carbocycles. The summed E-state index contributed by atoms with van der Waals surface area (Å²) in [5.74, 6) is -0.474. The highest BCUT2D eigenvalue weighted by molar-refractivity contribution is 8.01. The van der Waals surface area contributed by atoms with Crippen LogP contribution < -0.4 is 0 Å². The third-order valence-electron chi connectivity index (χ3n) is 3.19. The van der Waals surface area contributed by atoms with E-state index >= 15 is 0 Å². The lowest BCUT2D eigenvalue weighted by Crippen LogP contribution is -2.35. The van der Waals surface area contributed by atoms with E-state index < -0.39 is 29.7 Å². The summed E-state index contributed by atoms with van der Waals surface area (Å²) < 4.78 is 10.4. The van der Waals surface area contributed by atoms with Crippen molar-refractivity contribution < 1.29 is 24.5 Å². The number of aliphatic hydroxyl groups is 2. The molecule has 0 amide bonds. The van der Waals surface area contributed by atoms with Crippen LogP contribution in [0.2, 0.25) is 0 Å². The molecule has 1 aliphatic heterocycles. The first-order valence-corrected chi connectivity index (χ1v) is 8.07. The molecular formula is C16H22O5S. The predicted molar refractivity (Wildman–Crippen MR) is 84.7 cm³/mol. The van der Waals surface area contributed by atoms with Crippen molar-refractivity contribution in [3.63, 3.8) is 0 Å². The van der Waals surface area contributed by atoms with Crippen LogP contribution in [0.4, 0.5) is 0 Å². The molecule has 0 spiro atoms. The van der Waals surface area contributed by atoms with Crippen molar-refractivity contribution in [3.05, 3.63) is 35.9 Å². The van der Waals surface area contributed by atoms with Crippen molar-refractivity contribution >= 4 is 17.7 Å². The second kappa shape index (κ2) is 7.00. The van der Waals surface area contributed by atoms with Crippen molar-refractivity contribution in [2.24, 2.45) is 0 Å². The molecule has 4 atom stereocenters. The van der Waals surface area contributed by atoms with Gasteiger partial charge in [0.15, 0.2) is 6.29 Å². The van der Waals surface area contributed by atoms with Crippen LogP contribution in [0.3, 0.4) is 0 Å². The molecule has 2 rings (SSSR count). The van der Waals surface area contributed by atoms with Crippen molar-refractivity contribution in [3.8, 4) is 0 Å². The topological polar surface area (TPSA) is 76.0 Å². The standard InChI is InChI=1S/C16H22O5S/c1-16(2,3)22-13-12(17)11(21-15(13)19)9-20-14(18)10-7-5-4-6-8-10/h4-8,11-13,15,17,19H,9H2,1-3H3/t11-,12+,13-,15-/m1/s1. The number of rotatable bonds is 4. The Morgan fingerprint density at radius 3 is 2.50 bits per heavy atom. The molecule has 0 aliphatic carbocycles. The molecule has 1 fully saturated rings. The highest BCUT2D eigenvalue weighted by Crippen LogP contribution is 2.37. The Morgan fingerprint density at radius 2 is 1.91 bits per heavy atom. The number of ether oxygens (including phenoxy) is 2. The van der Waals surface area contributed by atoms with Gasteiger partial charge in [-0.1, -0.05) is 39.0 Å². The minimum Gasteiger partial charge on any atom is -0.459 e. The lowest BCUT2D eigenvalue weighted by Gasteiger charge is -2.25. The average molecular weight is 326 g/mol. The molecule has 1 aliphatic rings. The first-order chi connectivity index (χ1) is 10.3. The molecule has 0 unspecified atom stereocenters. The van der Waals surface area contributed by atoms with Gasteiger partial charge in [0.2, 0.25) is 0 Å². The van der Waals surface area contributed by atoms with Crippen LogP contribution >= 0.6 is 11.8 Å². The average Bonchev–Trinajstić information content (AvgIpc) is 2.72. The van der Waals surface area contributed by atoms with Gasteiger partial charge in [0.25, 0.3) is 0 Å². The molecule has 0 bridgehead atoms. The normalized spacial score (nSPS) is 28.6. The Kier molecular flexibility index (Phi) is 5.50. The van der Waals surface area contributed by atoms with E-state index in [1.54, 1.807) is 24.3 Å². The van der Waals surface area contributed by atoms with Crippen LogP contribution in [-0.4, -0.2) is 51.3 Å². The summed E-state index contributed by atoms with van der Waals surface area (Å²) in [6, 6.07) is 8.61. The number of carbonyl (C=O) groups is 1. The van der Waals surface area contributed by atoms with Gasteiger partial charge < -0.3 is 19.7 Å². The van der Waals surface area contributed by atoms with E-state index in [1.165, 1.54) is 11.8 Å². The zero-order chi connectivity index (χ0) is 16.3. The fraction of sp³-hybridized carbons (Fsp3) is 0.562. The number of thioether (sulfide) groups is 1. The van der Waals surface area contributed by atoms with Crippen molar-refractivity contribution in [1.29, 1.82) is 0 Å². The first kappa shape index (κ1) is 17.3. The number of esters is 1. The van der Waals surface area contributed by atoms with Gasteiger partial charge in [0.1, 0.15) is 18.8 Å². The SMILES string of the molecule is CC(C)(C)S[C@@H]1[C@@H](O)[C@@H](COC(=O)c2ccccc2)O[C@H]1O. The van der Waals surface area contributed by atoms with Gasteiger partial charge in [0, 0.05) is 4.75 Å². The zero-order valence-electron chi connectivity index (χ0n) is 12.9. The minimum atomic E-state index is -1.07. The van der Waals surface area contributed by atoms with Crippen molar-refractivity contribution in [2.75, 3.05) is 6.61 Å². The maximum atomic E-state index is 11.9. The summed E-state index contributed by atoms with van der Waals surface area (Å²) >= 11 is 1.45. The van der Waals surface area contributed by atoms with E-state index in [9.17, 15) is 15.0 Å². The monoisotopic (exact) mass is 326 g/mol. The van der Waals surface area contributed by atoms with Crippen LogP contribution in [0.25, 0.3) is 0 Å². The lowest BCUT2D eigenvalue weighted by molar-refractivity contribution is -0.108. The van der Waals surface area contributed by atoms with Crippen LogP contribution in [0.1, 0.15) is 31.1 Å². The Hall–Kier alpha value is -1.08. The molecule has 2 N–H and O–H groups in total. The van der Waals surface area contributed by atoms with Gasteiger partial charge in [-0.25, -0.2) is 4.79 Å². The molecule has 1 heterocycles. The van der Waals surface area contributed by atoms with E-state index in [1.807, 2.05) is 26.8 Å². The summed E-state index contributed by atoms with van der Waals surface area (Å²) in [6.07, 6.45) is -2.68. The fourth-order valence-corrected chi connectivity index (χ4v) is 3.52. The second-order valence-corrected chi connectivity index (χ2v) is 8.22. The molecule has 1 saturated heterocycles. The number of aliphatic hydroxyl groups excluding tert-OH is 2. The number of benzene rings is 1. The third kappa shape index (κ3) is 4.46. The second-order valence-electron chi connectivity index (χ2n) is 6.22. The van der Waals surface area contributed by atoms with Crippen molar-refractivity contribution in [1.82, 2.24) is 0 Å². The van der Waals surface area contributed by atoms with Gasteiger partial charge in [-0.2, -0.15) is 0 Å². The van der Waals surface area contributed by atoms with Crippen LogP contribution in [0, 0.1) is 0 Å². The summed E-state index contributed by atoms with van der Waals surface area (Å²) in [5.41, 5.74) is 0.441. The largest absolute Gasteiger partial charge is 0.459 e. The van der Waals surface area contributed by atoms with Gasteiger partial charge in [-0.3, -0.25) is 0 Å². The highest BCUT2D eigenvalue weighted by Gasteiger charge is 2.45. The van der Waals surface area contributed by atoms with Crippen LogP contribution in [0.5, 0.6) is 0 Å². The smallest absolute Gasteiger partial charge is 0.338 e. The summed E-state index contributed by atoms with van der Waals surface area (Å²) in [4.78, 5) is 11.9. The molecular weight excluding hydrogens is 304 g/mol. The molecule has 5 nitrogen and oxygen atoms in total. The number of hydrogen-bond donors (Lipinski definition) is 2. The van der Waals surface area contributed by atoms with Gasteiger partial charge in [-0.05, 0) is 12.1 Å². The summed E-state index contributed by atoms with van der Waals surface area (Å²) in [7, 11) is 0. The highest BCUT2D eigenvalue weighted by atomic mass is 32.2. The summed E-state index contributed by atoms with van der Waals surface area (Å²) in [5, 5.41) is 19.7. The van der Waals surface area contributed by atoms with E-state index in [4.69, 9.17) is 9.47 Å². The molecule has 22 heavy (non-hydrogen) atoms. The molecule has 0 aromatic heterocycles. The van der Waals surface area contributed by atoms with Crippen LogP contribution in [-0.2, 0) is 9.47 Å². The molecule has 1 aromatic rings. The van der Waals surface area contributed by atoms with E-state index in [-0.39, 0.29) is 11.4 Å². The predicted octanol–water partition coefficient (Wildman–Crippen LogP) is 1.82. The van der Waals surface area contributed by atoms with E-state index in [0.29, 0.717) is 5.56 Å². The molecule has 0 saturated carbocycles. The fourth-order valence-electron chi connectivity index (χ4n) is 2.21. The lowest BCUT2D eigenvalue weighted by atomic mass is 10.2. The molecule has 0 radical (unpaired) electrons. The third-order valence-corrected chi connectivity index (χ3v) is 4.68. The van der Waals surface area contributed by atoms with Gasteiger partial charge in [0.05, 0.1) is 10.8 Å². The van der Waals surface area contributed by atoms with E-state index in [2.05, 4.69) is 0 Å². The van der Waals surface area contributed by atoms with E-state index in [0.717, 1.165) is 0 Å². The molecule has 6 heteroatoms. The Bertz CT molecular complexity index is 499. The summed E-state index contributed by atoms with van der Waals surface area (Å²) in [6.45, 7) is 5.91.